The molecule has 1 unspecified atom stereocenters. The van der Waals surface area contributed by atoms with Crippen LogP contribution in [0.25, 0.3) is 0 Å². The average Bonchev–Trinajstić information content (AvgIpc) is 2.94. The van der Waals surface area contributed by atoms with Gasteiger partial charge in [0, 0.05) is 20.1 Å². The van der Waals surface area contributed by atoms with Gasteiger partial charge in [-0.3, -0.25) is 9.69 Å². The SMILES string of the molecule is CCC[C@](C)(OC)[C@H](NC(C)=O)[C@H]1[C@H](N)CC(C(=O)OC(C)(C)C)N1C(=O)OC(C)(C)C. The van der Waals surface area contributed by atoms with Crippen molar-refractivity contribution in [2.24, 2.45) is 5.73 Å². The molecule has 0 bridgehead atoms. The second-order valence-electron chi connectivity index (χ2n) is 10.8. The van der Waals surface area contributed by atoms with E-state index >= 15 is 0 Å². The highest BCUT2D eigenvalue weighted by atomic mass is 16.6. The van der Waals surface area contributed by atoms with Crippen LogP contribution in [-0.4, -0.2) is 70.9 Å². The van der Waals surface area contributed by atoms with Crippen molar-refractivity contribution in [3.05, 3.63) is 0 Å². The zero-order valence-electron chi connectivity index (χ0n) is 21.4. The Balaban J connectivity index is 3.55. The Bertz CT molecular complexity index is 684. The van der Waals surface area contributed by atoms with Crippen LogP contribution in [0, 0.1) is 0 Å². The molecule has 2 amide bonds. The Labute approximate surface area is 192 Å². The number of likely N-dealkylation sites (tertiary alicyclic amines) is 1. The van der Waals surface area contributed by atoms with Crippen LogP contribution in [0.3, 0.4) is 0 Å². The molecule has 1 saturated heterocycles. The van der Waals surface area contributed by atoms with Gasteiger partial charge in [-0.25, -0.2) is 9.59 Å². The molecule has 0 saturated carbocycles. The van der Waals surface area contributed by atoms with Gasteiger partial charge >= 0.3 is 12.1 Å². The lowest BCUT2D eigenvalue weighted by Gasteiger charge is -2.44. The van der Waals surface area contributed by atoms with Crippen LogP contribution < -0.4 is 11.1 Å². The number of amides is 2. The van der Waals surface area contributed by atoms with Crippen molar-refractivity contribution < 1.29 is 28.6 Å². The first-order valence-electron chi connectivity index (χ1n) is 11.3. The zero-order chi connectivity index (χ0) is 25.1. The molecule has 9 heteroatoms. The predicted octanol–water partition coefficient (Wildman–Crippen LogP) is 2.74. The van der Waals surface area contributed by atoms with Crippen molar-refractivity contribution in [1.29, 1.82) is 0 Å². The van der Waals surface area contributed by atoms with E-state index in [-0.39, 0.29) is 12.3 Å². The van der Waals surface area contributed by atoms with Gasteiger partial charge in [-0.15, -0.1) is 0 Å². The molecule has 0 aromatic heterocycles. The lowest BCUT2D eigenvalue weighted by atomic mass is 9.83. The number of nitrogens with two attached hydrogens (primary N) is 1. The smallest absolute Gasteiger partial charge is 0.411 e. The van der Waals surface area contributed by atoms with Crippen LogP contribution in [0.4, 0.5) is 4.79 Å². The van der Waals surface area contributed by atoms with Crippen molar-refractivity contribution >= 4 is 18.0 Å². The Morgan fingerprint density at radius 2 is 1.59 bits per heavy atom. The lowest BCUT2D eigenvalue weighted by Crippen LogP contribution is -2.66. The first kappa shape index (κ1) is 28.2. The summed E-state index contributed by atoms with van der Waals surface area (Å²) in [7, 11) is 1.56. The third kappa shape index (κ3) is 7.33. The second kappa shape index (κ2) is 10.4. The molecular formula is C23H43N3O6. The van der Waals surface area contributed by atoms with Crippen LogP contribution >= 0.6 is 0 Å². The van der Waals surface area contributed by atoms with Crippen LogP contribution in [0.15, 0.2) is 0 Å². The van der Waals surface area contributed by atoms with Gasteiger partial charge < -0.3 is 25.3 Å². The van der Waals surface area contributed by atoms with Gasteiger partial charge in [-0.1, -0.05) is 13.3 Å². The van der Waals surface area contributed by atoms with E-state index < -0.39 is 53.0 Å². The predicted molar refractivity (Wildman–Crippen MR) is 122 cm³/mol. The lowest BCUT2D eigenvalue weighted by molar-refractivity contribution is -0.161. The number of nitrogens with one attached hydrogen (secondary N) is 1. The Kier molecular flexibility index (Phi) is 9.13. The van der Waals surface area contributed by atoms with E-state index in [1.807, 2.05) is 13.8 Å². The summed E-state index contributed by atoms with van der Waals surface area (Å²) in [6.45, 7) is 15.8. The number of rotatable bonds is 7. The summed E-state index contributed by atoms with van der Waals surface area (Å²) in [4.78, 5) is 39.9. The fourth-order valence-electron chi connectivity index (χ4n) is 4.18. The van der Waals surface area contributed by atoms with Gasteiger partial charge in [0.25, 0.3) is 0 Å². The van der Waals surface area contributed by atoms with Crippen molar-refractivity contribution in [3.63, 3.8) is 0 Å². The van der Waals surface area contributed by atoms with Crippen molar-refractivity contribution in [3.8, 4) is 0 Å². The van der Waals surface area contributed by atoms with Gasteiger partial charge in [-0.2, -0.15) is 0 Å². The van der Waals surface area contributed by atoms with Gasteiger partial charge in [0.05, 0.1) is 17.7 Å². The molecule has 1 heterocycles. The number of esters is 1. The highest BCUT2D eigenvalue weighted by molar-refractivity contribution is 5.83. The maximum absolute atomic E-state index is 13.3. The number of carbonyl (C=O) groups excluding carboxylic acids is 3. The Hall–Kier alpha value is -1.87. The summed E-state index contributed by atoms with van der Waals surface area (Å²) in [5.74, 6) is -0.844. The number of hydrogen-bond acceptors (Lipinski definition) is 7. The normalized spacial score (nSPS) is 24.5. The number of methoxy groups -OCH3 is 1. The van der Waals surface area contributed by atoms with E-state index in [0.29, 0.717) is 6.42 Å². The molecule has 1 aliphatic rings. The molecule has 0 aromatic rings. The van der Waals surface area contributed by atoms with Crippen molar-refractivity contribution in [1.82, 2.24) is 10.2 Å². The summed E-state index contributed by atoms with van der Waals surface area (Å²) < 4.78 is 17.1. The molecule has 5 atom stereocenters. The quantitative estimate of drug-likeness (QED) is 0.564. The largest absolute Gasteiger partial charge is 0.458 e. The third-order valence-corrected chi connectivity index (χ3v) is 5.45. The van der Waals surface area contributed by atoms with E-state index in [2.05, 4.69) is 5.32 Å². The van der Waals surface area contributed by atoms with Gasteiger partial charge in [0.2, 0.25) is 5.91 Å². The number of nitrogens with zero attached hydrogens (tertiary/aromatic N) is 1. The summed E-state index contributed by atoms with van der Waals surface area (Å²) in [6.07, 6.45) is 0.888. The van der Waals surface area contributed by atoms with E-state index in [1.54, 1.807) is 48.7 Å². The van der Waals surface area contributed by atoms with E-state index in [0.717, 1.165) is 6.42 Å². The molecule has 1 aliphatic heterocycles. The minimum absolute atomic E-state index is 0.181. The minimum Gasteiger partial charge on any atom is -0.458 e. The first-order chi connectivity index (χ1) is 14.5. The number of ether oxygens (including phenoxy) is 3. The van der Waals surface area contributed by atoms with Gasteiger partial charge in [0.15, 0.2) is 0 Å². The zero-order valence-corrected chi connectivity index (χ0v) is 21.4. The van der Waals surface area contributed by atoms with Crippen LogP contribution in [-0.2, 0) is 23.8 Å². The Morgan fingerprint density at radius 1 is 1.06 bits per heavy atom. The van der Waals surface area contributed by atoms with Gasteiger partial charge in [-0.05, 0) is 61.3 Å². The van der Waals surface area contributed by atoms with Crippen LogP contribution in [0.1, 0.15) is 81.6 Å². The topological polar surface area (TPSA) is 120 Å². The Morgan fingerprint density at radius 3 is 2.00 bits per heavy atom. The molecule has 0 spiro atoms. The fraction of sp³-hybridized carbons (Fsp3) is 0.870. The highest BCUT2D eigenvalue weighted by Crippen LogP contribution is 2.35. The summed E-state index contributed by atoms with van der Waals surface area (Å²) >= 11 is 0. The first-order valence-corrected chi connectivity index (χ1v) is 11.3. The van der Waals surface area contributed by atoms with Crippen molar-refractivity contribution in [2.45, 2.75) is 123 Å². The van der Waals surface area contributed by atoms with Crippen molar-refractivity contribution in [2.75, 3.05) is 7.11 Å². The van der Waals surface area contributed by atoms with E-state index in [4.69, 9.17) is 19.9 Å². The standard InChI is InChI=1S/C23H43N3O6/c1-11-12-23(9,30-10)18(25-14(2)27)17-15(24)13-16(19(28)31-21(3,4)5)26(17)20(29)32-22(6,7)8/h15-18H,11-13,24H2,1-10H3,(H,25,27)/t15-,16?,17-,18-,23+/m1/s1. The number of carbonyl (C=O) groups is 3. The average molecular weight is 458 g/mol. The maximum atomic E-state index is 13.3. The summed E-state index contributed by atoms with van der Waals surface area (Å²) in [6, 6.07) is -2.95. The molecular weight excluding hydrogens is 414 g/mol. The number of hydrogen-bond donors (Lipinski definition) is 2. The second-order valence-corrected chi connectivity index (χ2v) is 10.8. The molecule has 3 N–H and O–H groups in total. The van der Waals surface area contributed by atoms with E-state index in [1.165, 1.54) is 11.8 Å². The molecule has 9 nitrogen and oxygen atoms in total. The molecule has 32 heavy (non-hydrogen) atoms. The molecule has 0 radical (unpaired) electrons. The monoisotopic (exact) mass is 457 g/mol. The maximum Gasteiger partial charge on any atom is 0.411 e. The van der Waals surface area contributed by atoms with Crippen LogP contribution in [0.2, 0.25) is 0 Å². The van der Waals surface area contributed by atoms with E-state index in [9.17, 15) is 14.4 Å². The molecule has 1 rings (SSSR count). The van der Waals surface area contributed by atoms with Crippen LogP contribution in [0.5, 0.6) is 0 Å². The highest BCUT2D eigenvalue weighted by Gasteiger charge is 2.55. The minimum atomic E-state index is -0.942. The van der Waals surface area contributed by atoms with Gasteiger partial charge in [0.1, 0.15) is 17.2 Å². The third-order valence-electron chi connectivity index (χ3n) is 5.45. The molecule has 0 aliphatic carbocycles. The summed E-state index contributed by atoms with van der Waals surface area (Å²) in [5, 5.41) is 2.94. The molecule has 0 aromatic carbocycles. The summed E-state index contributed by atoms with van der Waals surface area (Å²) in [5.41, 5.74) is 4.17. The fourth-order valence-corrected chi connectivity index (χ4v) is 4.18. The molecule has 186 valence electrons. The molecule has 1 fully saturated rings.